The van der Waals surface area contributed by atoms with E-state index >= 15 is 0 Å². The molecule has 1 N–H and O–H groups in total. The van der Waals surface area contributed by atoms with Crippen LogP contribution in [0.4, 0.5) is 4.39 Å². The lowest BCUT2D eigenvalue weighted by atomic mass is 10.3. The van der Waals surface area contributed by atoms with E-state index in [0.29, 0.717) is 17.3 Å². The molecule has 31 heavy (non-hydrogen) atoms. The van der Waals surface area contributed by atoms with Crippen LogP contribution >= 0.6 is 11.8 Å². The van der Waals surface area contributed by atoms with Gasteiger partial charge in [0.05, 0.1) is 23.0 Å². The van der Waals surface area contributed by atoms with Crippen molar-refractivity contribution in [3.63, 3.8) is 0 Å². The maximum Gasteiger partial charge on any atom is 0.250 e. The van der Waals surface area contributed by atoms with E-state index in [1.165, 1.54) is 30.1 Å². The summed E-state index contributed by atoms with van der Waals surface area (Å²) in [7, 11) is 1.92. The molecule has 0 aliphatic rings. The summed E-state index contributed by atoms with van der Waals surface area (Å²) in [5.74, 6) is 1.20. The number of carbonyl (C=O) groups excluding carboxylic acids is 1. The van der Waals surface area contributed by atoms with Gasteiger partial charge in [0.15, 0.2) is 5.16 Å². The maximum absolute atomic E-state index is 12.9. The predicted molar refractivity (Wildman–Crippen MR) is 117 cm³/mol. The molecular formula is C22H19FN4O3S. The monoisotopic (exact) mass is 438 g/mol. The predicted octanol–water partition coefficient (Wildman–Crippen LogP) is 4.13. The molecule has 9 heteroatoms. The van der Waals surface area contributed by atoms with Crippen molar-refractivity contribution < 1.29 is 18.3 Å². The van der Waals surface area contributed by atoms with E-state index in [0.717, 1.165) is 16.2 Å². The average molecular weight is 438 g/mol. The summed E-state index contributed by atoms with van der Waals surface area (Å²) in [5, 5.41) is 4.68. The number of nitrogens with zero attached hydrogens (tertiary/aromatic N) is 3. The second kappa shape index (κ2) is 9.48. The molecular weight excluding hydrogens is 419 g/mol. The molecule has 0 atom stereocenters. The van der Waals surface area contributed by atoms with Gasteiger partial charge in [-0.3, -0.25) is 4.79 Å². The first kappa shape index (κ1) is 20.7. The molecule has 158 valence electrons. The van der Waals surface area contributed by atoms with Gasteiger partial charge in [0, 0.05) is 7.05 Å². The third-order valence-electron chi connectivity index (χ3n) is 4.34. The number of amides is 1. The Balaban J connectivity index is 1.24. The van der Waals surface area contributed by atoms with Crippen molar-refractivity contribution in [2.45, 2.75) is 11.8 Å². The molecule has 4 rings (SSSR count). The Kier molecular flexibility index (Phi) is 6.32. The van der Waals surface area contributed by atoms with E-state index < -0.39 is 0 Å². The smallest absolute Gasteiger partial charge is 0.250 e. The Labute approximate surface area is 181 Å². The number of hydrazone groups is 1. The Morgan fingerprint density at radius 1 is 1.23 bits per heavy atom. The van der Waals surface area contributed by atoms with E-state index in [1.54, 1.807) is 24.3 Å². The fourth-order valence-electron chi connectivity index (χ4n) is 2.81. The highest BCUT2D eigenvalue weighted by Crippen LogP contribution is 2.22. The van der Waals surface area contributed by atoms with Crippen molar-refractivity contribution in [3.8, 4) is 5.75 Å². The van der Waals surface area contributed by atoms with Crippen LogP contribution in [0.1, 0.15) is 11.5 Å². The number of aromatic nitrogens is 2. The number of aryl methyl sites for hydroxylation is 1. The van der Waals surface area contributed by atoms with E-state index in [-0.39, 0.29) is 24.1 Å². The van der Waals surface area contributed by atoms with Crippen molar-refractivity contribution in [1.82, 2.24) is 15.0 Å². The minimum Gasteiger partial charge on any atom is -0.486 e. The van der Waals surface area contributed by atoms with Gasteiger partial charge in [-0.1, -0.05) is 23.9 Å². The molecule has 0 bridgehead atoms. The van der Waals surface area contributed by atoms with E-state index in [1.807, 2.05) is 35.9 Å². The summed E-state index contributed by atoms with van der Waals surface area (Å²) in [5.41, 5.74) is 4.38. The highest BCUT2D eigenvalue weighted by molar-refractivity contribution is 7.99. The van der Waals surface area contributed by atoms with Crippen LogP contribution in [0.5, 0.6) is 5.75 Å². The SMILES string of the molecule is Cn1c(SCC(=O)N/N=C/c2ccc(COc3ccc(F)cc3)o2)nc2ccccc21. The highest BCUT2D eigenvalue weighted by atomic mass is 32.2. The first-order valence-electron chi connectivity index (χ1n) is 9.42. The van der Waals surface area contributed by atoms with Crippen molar-refractivity contribution in [1.29, 1.82) is 0 Å². The summed E-state index contributed by atoms with van der Waals surface area (Å²) >= 11 is 1.34. The zero-order chi connectivity index (χ0) is 21.6. The number of thioether (sulfide) groups is 1. The second-order valence-corrected chi connectivity index (χ2v) is 7.51. The summed E-state index contributed by atoms with van der Waals surface area (Å²) < 4.78 is 25.9. The number of halogens is 1. The van der Waals surface area contributed by atoms with Crippen molar-refractivity contribution in [2.75, 3.05) is 5.75 Å². The number of hydrogen-bond acceptors (Lipinski definition) is 6. The summed E-state index contributed by atoms with van der Waals surface area (Å²) in [6.07, 6.45) is 1.42. The molecule has 0 spiro atoms. The molecule has 0 saturated carbocycles. The van der Waals surface area contributed by atoms with E-state index in [4.69, 9.17) is 9.15 Å². The highest BCUT2D eigenvalue weighted by Gasteiger charge is 2.10. The summed E-state index contributed by atoms with van der Waals surface area (Å²) in [6, 6.07) is 17.0. The lowest BCUT2D eigenvalue weighted by Crippen LogP contribution is -2.19. The van der Waals surface area contributed by atoms with Crippen molar-refractivity contribution in [2.24, 2.45) is 12.1 Å². The van der Waals surface area contributed by atoms with Crippen LogP contribution in [0.2, 0.25) is 0 Å². The number of imidazole rings is 1. The van der Waals surface area contributed by atoms with Gasteiger partial charge in [-0.25, -0.2) is 14.8 Å². The van der Waals surface area contributed by atoms with Crippen LogP contribution in [-0.4, -0.2) is 27.4 Å². The molecule has 2 heterocycles. The lowest BCUT2D eigenvalue weighted by molar-refractivity contribution is -0.118. The van der Waals surface area contributed by atoms with Gasteiger partial charge in [0.1, 0.15) is 29.7 Å². The molecule has 2 aromatic heterocycles. The van der Waals surface area contributed by atoms with Gasteiger partial charge in [-0.05, 0) is 48.5 Å². The quantitative estimate of drug-likeness (QED) is 0.254. The minimum absolute atomic E-state index is 0.184. The molecule has 0 aliphatic heterocycles. The fraction of sp³-hybridized carbons (Fsp3) is 0.136. The Hall–Kier alpha value is -3.59. The number of para-hydroxylation sites is 2. The summed E-state index contributed by atoms with van der Waals surface area (Å²) in [6.45, 7) is 0.195. The van der Waals surface area contributed by atoms with Crippen LogP contribution in [0.15, 0.2) is 75.3 Å². The molecule has 0 radical (unpaired) electrons. The number of benzene rings is 2. The first-order valence-corrected chi connectivity index (χ1v) is 10.4. The van der Waals surface area contributed by atoms with E-state index in [9.17, 15) is 9.18 Å². The standard InChI is InChI=1S/C22H19FN4O3S/c1-27-20-5-3-2-4-19(20)25-22(27)31-14-21(28)26-24-12-17-10-11-18(30-17)13-29-16-8-6-15(23)7-9-16/h2-12H,13-14H2,1H3,(H,26,28)/b24-12+. The zero-order valence-electron chi connectivity index (χ0n) is 16.6. The third-order valence-corrected chi connectivity index (χ3v) is 5.37. The van der Waals surface area contributed by atoms with Crippen LogP contribution < -0.4 is 10.2 Å². The minimum atomic E-state index is -0.322. The van der Waals surface area contributed by atoms with Gasteiger partial charge >= 0.3 is 0 Å². The molecule has 0 aliphatic carbocycles. The number of furan rings is 1. The van der Waals surface area contributed by atoms with Gasteiger partial charge in [-0.2, -0.15) is 5.10 Å². The van der Waals surface area contributed by atoms with E-state index in [2.05, 4.69) is 15.5 Å². The topological polar surface area (TPSA) is 81.7 Å². The number of hydrogen-bond donors (Lipinski definition) is 1. The molecule has 0 unspecified atom stereocenters. The molecule has 4 aromatic rings. The normalized spacial score (nSPS) is 11.3. The lowest BCUT2D eigenvalue weighted by Gasteiger charge is -2.03. The zero-order valence-corrected chi connectivity index (χ0v) is 17.4. The number of carbonyl (C=O) groups is 1. The molecule has 0 fully saturated rings. The first-order chi connectivity index (χ1) is 15.1. The van der Waals surface area contributed by atoms with Crippen LogP contribution in [0, 0.1) is 5.82 Å². The molecule has 0 saturated heterocycles. The van der Waals surface area contributed by atoms with Gasteiger partial charge in [0.2, 0.25) is 0 Å². The second-order valence-electron chi connectivity index (χ2n) is 6.57. The largest absolute Gasteiger partial charge is 0.486 e. The van der Waals surface area contributed by atoms with Crippen molar-refractivity contribution >= 4 is 34.9 Å². The number of nitrogens with one attached hydrogen (secondary N) is 1. The van der Waals surface area contributed by atoms with Crippen LogP contribution in [0.3, 0.4) is 0 Å². The van der Waals surface area contributed by atoms with Crippen LogP contribution in [-0.2, 0) is 18.4 Å². The fourth-order valence-corrected chi connectivity index (χ4v) is 3.59. The Morgan fingerprint density at radius 3 is 2.84 bits per heavy atom. The van der Waals surface area contributed by atoms with Gasteiger partial charge < -0.3 is 13.7 Å². The number of rotatable bonds is 8. The molecule has 1 amide bonds. The van der Waals surface area contributed by atoms with Gasteiger partial charge in [0.25, 0.3) is 5.91 Å². The third kappa shape index (κ3) is 5.32. The number of fused-ring (bicyclic) bond motifs is 1. The summed E-state index contributed by atoms with van der Waals surface area (Å²) in [4.78, 5) is 16.6. The average Bonchev–Trinajstić information content (AvgIpc) is 3.36. The van der Waals surface area contributed by atoms with Crippen LogP contribution in [0.25, 0.3) is 11.0 Å². The maximum atomic E-state index is 12.9. The Morgan fingerprint density at radius 2 is 2.03 bits per heavy atom. The van der Waals surface area contributed by atoms with Gasteiger partial charge in [-0.15, -0.1) is 0 Å². The molecule has 7 nitrogen and oxygen atoms in total. The Bertz CT molecular complexity index is 1220. The number of ether oxygens (including phenoxy) is 1. The molecule has 2 aromatic carbocycles. The van der Waals surface area contributed by atoms with Crippen molar-refractivity contribution in [3.05, 3.63) is 78.0 Å².